The third-order valence-electron chi connectivity index (χ3n) is 4.12. The third kappa shape index (κ3) is 3.96. The molecule has 5 N–H and O–H groups in total. The zero-order valence-corrected chi connectivity index (χ0v) is 14.8. The summed E-state index contributed by atoms with van der Waals surface area (Å²) in [5.41, 5.74) is 5.44. The van der Waals surface area contributed by atoms with Crippen molar-refractivity contribution in [3.8, 4) is 0 Å². The first kappa shape index (κ1) is 19.7. The number of hydrogen-bond acceptors (Lipinski definition) is 5. The van der Waals surface area contributed by atoms with E-state index in [1.165, 1.54) is 6.92 Å². The molecule has 0 spiro atoms. The van der Waals surface area contributed by atoms with Crippen molar-refractivity contribution in [2.24, 2.45) is 5.73 Å². The molecule has 132 valence electrons. The molecule has 2 atom stereocenters. The minimum absolute atomic E-state index is 0.296. The zero-order chi connectivity index (χ0) is 18.2. The lowest BCUT2D eigenvalue weighted by atomic mass is 9.89. The molecule has 0 aromatic rings. The maximum atomic E-state index is 12.2. The second kappa shape index (κ2) is 6.66. The SMILES string of the molecule is CC(NC(=O)C(N)CC(=O)O)C(=O)NC1C(C)(C)[S+]([O-])C1(C)C. The molecule has 23 heavy (non-hydrogen) atoms. The molecule has 0 bridgehead atoms. The summed E-state index contributed by atoms with van der Waals surface area (Å²) in [6.45, 7) is 8.73. The molecule has 2 amide bonds. The van der Waals surface area contributed by atoms with Crippen LogP contribution in [-0.2, 0) is 25.6 Å². The summed E-state index contributed by atoms with van der Waals surface area (Å²) in [6, 6.07) is -2.38. The Kier molecular flexibility index (Phi) is 5.71. The fraction of sp³-hybridized carbons (Fsp3) is 0.786. The van der Waals surface area contributed by atoms with Crippen LogP contribution >= 0.6 is 0 Å². The van der Waals surface area contributed by atoms with Crippen molar-refractivity contribution in [2.75, 3.05) is 0 Å². The van der Waals surface area contributed by atoms with Crippen LogP contribution < -0.4 is 16.4 Å². The van der Waals surface area contributed by atoms with Crippen LogP contribution in [-0.4, -0.2) is 55.1 Å². The lowest BCUT2D eigenvalue weighted by Gasteiger charge is -2.57. The van der Waals surface area contributed by atoms with Crippen LogP contribution in [0.3, 0.4) is 0 Å². The second-order valence-corrected chi connectivity index (χ2v) is 9.49. The number of nitrogens with one attached hydrogen (secondary N) is 2. The molecule has 9 heteroatoms. The van der Waals surface area contributed by atoms with Gasteiger partial charge in [-0.2, -0.15) is 0 Å². The van der Waals surface area contributed by atoms with Gasteiger partial charge in [-0.25, -0.2) is 0 Å². The van der Waals surface area contributed by atoms with E-state index in [9.17, 15) is 18.9 Å². The predicted molar refractivity (Wildman–Crippen MR) is 86.1 cm³/mol. The van der Waals surface area contributed by atoms with Gasteiger partial charge in [0.15, 0.2) is 0 Å². The van der Waals surface area contributed by atoms with Gasteiger partial charge in [0.05, 0.1) is 12.5 Å². The molecule has 1 fully saturated rings. The number of amides is 2. The average Bonchev–Trinajstić information content (AvgIpc) is 2.42. The van der Waals surface area contributed by atoms with Gasteiger partial charge in [0.25, 0.3) is 0 Å². The lowest BCUT2D eigenvalue weighted by Crippen LogP contribution is -2.78. The molecule has 1 saturated heterocycles. The summed E-state index contributed by atoms with van der Waals surface area (Å²) >= 11 is -1.08. The normalized spacial score (nSPS) is 27.3. The molecule has 1 aliphatic rings. The molecule has 0 radical (unpaired) electrons. The van der Waals surface area contributed by atoms with E-state index in [0.717, 1.165) is 0 Å². The van der Waals surface area contributed by atoms with Gasteiger partial charge in [-0.15, -0.1) is 0 Å². The third-order valence-corrected chi connectivity index (χ3v) is 6.50. The Morgan fingerprint density at radius 3 is 2.13 bits per heavy atom. The minimum atomic E-state index is -1.22. The molecular weight excluding hydrogens is 322 g/mol. The van der Waals surface area contributed by atoms with Gasteiger partial charge in [-0.3, -0.25) is 14.4 Å². The Labute approximate surface area is 138 Å². The number of rotatable bonds is 6. The quantitative estimate of drug-likeness (QED) is 0.458. The summed E-state index contributed by atoms with van der Waals surface area (Å²) in [5.74, 6) is -2.32. The van der Waals surface area contributed by atoms with Crippen LogP contribution in [0.25, 0.3) is 0 Å². The molecule has 0 saturated carbocycles. The van der Waals surface area contributed by atoms with Crippen molar-refractivity contribution < 1.29 is 24.0 Å². The fourth-order valence-corrected chi connectivity index (χ4v) is 5.26. The Hall–Kier alpha value is -1.32. The zero-order valence-electron chi connectivity index (χ0n) is 14.0. The van der Waals surface area contributed by atoms with Gasteiger partial charge < -0.3 is 26.0 Å². The van der Waals surface area contributed by atoms with E-state index in [0.29, 0.717) is 0 Å². The highest BCUT2D eigenvalue weighted by atomic mass is 32.2. The second-order valence-electron chi connectivity index (χ2n) is 6.85. The van der Waals surface area contributed by atoms with E-state index in [2.05, 4.69) is 10.6 Å². The number of aliphatic carboxylic acids is 1. The van der Waals surface area contributed by atoms with Gasteiger partial charge in [0.2, 0.25) is 11.8 Å². The minimum Gasteiger partial charge on any atom is -0.615 e. The maximum Gasteiger partial charge on any atom is 0.305 e. The highest BCUT2D eigenvalue weighted by Gasteiger charge is 2.67. The first-order chi connectivity index (χ1) is 10.3. The molecule has 1 aliphatic heterocycles. The molecule has 0 aromatic heterocycles. The van der Waals surface area contributed by atoms with Gasteiger partial charge in [0, 0.05) is 0 Å². The summed E-state index contributed by atoms with van der Waals surface area (Å²) < 4.78 is 11.0. The van der Waals surface area contributed by atoms with Crippen molar-refractivity contribution in [1.82, 2.24) is 10.6 Å². The molecular formula is C14H25N3O5S. The number of carbonyl (C=O) groups excluding carboxylic acids is 2. The van der Waals surface area contributed by atoms with Crippen molar-refractivity contribution in [1.29, 1.82) is 0 Å². The van der Waals surface area contributed by atoms with E-state index < -0.39 is 57.0 Å². The highest BCUT2D eigenvalue weighted by molar-refractivity contribution is 7.95. The highest BCUT2D eigenvalue weighted by Crippen LogP contribution is 2.48. The Bertz CT molecular complexity index is 493. The maximum absolute atomic E-state index is 12.2. The monoisotopic (exact) mass is 347 g/mol. The summed E-state index contributed by atoms with van der Waals surface area (Å²) in [5, 5.41) is 13.8. The molecule has 8 nitrogen and oxygen atoms in total. The van der Waals surface area contributed by atoms with Gasteiger partial charge in [-0.1, -0.05) is 0 Å². The van der Waals surface area contributed by atoms with Gasteiger partial charge in [-0.05, 0) is 45.8 Å². The fourth-order valence-electron chi connectivity index (χ4n) is 2.95. The first-order valence-electron chi connectivity index (χ1n) is 7.32. The summed E-state index contributed by atoms with van der Waals surface area (Å²) in [7, 11) is 0. The van der Waals surface area contributed by atoms with Crippen LogP contribution in [0.4, 0.5) is 0 Å². The number of carbonyl (C=O) groups is 3. The van der Waals surface area contributed by atoms with Crippen molar-refractivity contribution in [3.05, 3.63) is 0 Å². The van der Waals surface area contributed by atoms with Crippen LogP contribution in [0, 0.1) is 0 Å². The van der Waals surface area contributed by atoms with Gasteiger partial charge >= 0.3 is 5.97 Å². The summed E-state index contributed by atoms with van der Waals surface area (Å²) in [6.07, 6.45) is -0.512. The van der Waals surface area contributed by atoms with E-state index in [4.69, 9.17) is 10.8 Å². The molecule has 0 aromatic carbocycles. The Balaban J connectivity index is 2.61. The lowest BCUT2D eigenvalue weighted by molar-refractivity contribution is -0.139. The number of hydrogen-bond donors (Lipinski definition) is 4. The van der Waals surface area contributed by atoms with E-state index in [1.807, 2.05) is 27.7 Å². The van der Waals surface area contributed by atoms with Crippen LogP contribution in [0.15, 0.2) is 0 Å². The van der Waals surface area contributed by atoms with E-state index >= 15 is 0 Å². The molecule has 1 heterocycles. The van der Waals surface area contributed by atoms with E-state index in [-0.39, 0.29) is 6.04 Å². The molecule has 1 rings (SSSR count). The Morgan fingerprint density at radius 2 is 1.70 bits per heavy atom. The van der Waals surface area contributed by atoms with Crippen LogP contribution in [0.1, 0.15) is 41.0 Å². The number of nitrogens with two attached hydrogens (primary N) is 1. The smallest absolute Gasteiger partial charge is 0.305 e. The van der Waals surface area contributed by atoms with E-state index in [1.54, 1.807) is 0 Å². The molecule has 0 aliphatic carbocycles. The predicted octanol–water partition coefficient (Wildman–Crippen LogP) is -0.903. The average molecular weight is 347 g/mol. The number of carboxylic acid groups (broad SMARTS) is 1. The van der Waals surface area contributed by atoms with Crippen LogP contribution in [0.2, 0.25) is 0 Å². The first-order valence-corrected chi connectivity index (χ1v) is 8.47. The van der Waals surface area contributed by atoms with Crippen molar-refractivity contribution >= 4 is 29.0 Å². The standard InChI is InChI=1S/C14H25N3O5S/c1-7(16-11(21)8(15)6-9(18)19)10(20)17-12-13(2,3)23(22)14(12,4)5/h7-8,12H,6,15H2,1-5H3,(H,16,21)(H,17,20)(H,18,19). The Morgan fingerprint density at radius 1 is 1.22 bits per heavy atom. The van der Waals surface area contributed by atoms with Crippen LogP contribution in [0.5, 0.6) is 0 Å². The largest absolute Gasteiger partial charge is 0.615 e. The van der Waals surface area contributed by atoms with Crippen molar-refractivity contribution in [3.63, 3.8) is 0 Å². The van der Waals surface area contributed by atoms with Crippen molar-refractivity contribution in [2.45, 2.75) is 68.7 Å². The van der Waals surface area contributed by atoms with Gasteiger partial charge in [0.1, 0.15) is 21.6 Å². The molecule has 2 unspecified atom stereocenters. The summed E-state index contributed by atoms with van der Waals surface area (Å²) in [4.78, 5) is 34.5. The number of carboxylic acids is 1. The topological polar surface area (TPSA) is 145 Å².